The lowest BCUT2D eigenvalue weighted by Gasteiger charge is -2.01. The molecule has 2 aromatic rings. The van der Waals surface area contributed by atoms with Gasteiger partial charge in [0.25, 0.3) is 0 Å². The van der Waals surface area contributed by atoms with Crippen molar-refractivity contribution >= 4 is 17.0 Å². The van der Waals surface area contributed by atoms with Crippen molar-refractivity contribution in [2.75, 3.05) is 7.11 Å². The first kappa shape index (κ1) is 11.3. The first-order valence-corrected chi connectivity index (χ1v) is 5.38. The van der Waals surface area contributed by atoms with E-state index in [2.05, 4.69) is 4.57 Å². The summed E-state index contributed by atoms with van der Waals surface area (Å²) in [5.74, 6) is 0.842. The Balaban J connectivity index is 2.74. The van der Waals surface area contributed by atoms with E-state index in [-0.39, 0.29) is 0 Å². The molecule has 0 aliphatic heterocycles. The quantitative estimate of drug-likeness (QED) is 0.738. The molecule has 1 aromatic heterocycles. The predicted molar refractivity (Wildman–Crippen MR) is 68.9 cm³/mol. The maximum atomic E-state index is 8.62. The summed E-state index contributed by atoms with van der Waals surface area (Å²) in [4.78, 5) is 0. The second kappa shape index (κ2) is 4.34. The van der Waals surface area contributed by atoms with Crippen LogP contribution in [0.4, 0.5) is 0 Å². The van der Waals surface area contributed by atoms with Crippen LogP contribution >= 0.6 is 0 Å². The Labute approximate surface area is 101 Å². The molecule has 0 amide bonds. The van der Waals surface area contributed by atoms with Crippen LogP contribution in [0.1, 0.15) is 11.3 Å². The molecule has 0 radical (unpaired) electrons. The van der Waals surface area contributed by atoms with Crippen molar-refractivity contribution in [2.45, 2.75) is 6.92 Å². The zero-order valence-electron chi connectivity index (χ0n) is 10.2. The monoisotopic (exact) mass is 226 g/mol. The summed E-state index contributed by atoms with van der Waals surface area (Å²) in [5, 5.41) is 9.75. The molecule has 0 saturated heterocycles. The lowest BCUT2D eigenvalue weighted by molar-refractivity contribution is 0.415. The fourth-order valence-corrected chi connectivity index (χ4v) is 2.03. The van der Waals surface area contributed by atoms with E-state index in [1.165, 1.54) is 6.08 Å². The number of hydrogen-bond acceptors (Lipinski definition) is 2. The van der Waals surface area contributed by atoms with E-state index < -0.39 is 0 Å². The van der Waals surface area contributed by atoms with Gasteiger partial charge in [0.2, 0.25) is 0 Å². The summed E-state index contributed by atoms with van der Waals surface area (Å²) in [5.41, 5.74) is 3.34. The van der Waals surface area contributed by atoms with Crippen LogP contribution in [0.3, 0.4) is 0 Å². The second-order valence-electron chi connectivity index (χ2n) is 3.90. The fraction of sp³-hybridized carbons (Fsp3) is 0.214. The van der Waals surface area contributed by atoms with Crippen molar-refractivity contribution < 1.29 is 4.74 Å². The van der Waals surface area contributed by atoms with Crippen LogP contribution in [0.15, 0.2) is 24.3 Å². The molecule has 0 fully saturated rings. The molecule has 0 spiro atoms. The maximum absolute atomic E-state index is 8.62. The Hall–Kier alpha value is -2.21. The van der Waals surface area contributed by atoms with Crippen LogP contribution in [0.2, 0.25) is 0 Å². The minimum Gasteiger partial charge on any atom is -0.497 e. The first-order chi connectivity index (χ1) is 8.19. The van der Waals surface area contributed by atoms with Gasteiger partial charge in [-0.3, -0.25) is 0 Å². The third-order valence-corrected chi connectivity index (χ3v) is 3.07. The van der Waals surface area contributed by atoms with E-state index >= 15 is 0 Å². The Morgan fingerprint density at radius 2 is 2.18 bits per heavy atom. The van der Waals surface area contributed by atoms with E-state index in [4.69, 9.17) is 10.00 Å². The summed E-state index contributed by atoms with van der Waals surface area (Å²) in [7, 11) is 3.67. The molecule has 0 saturated carbocycles. The van der Waals surface area contributed by atoms with Crippen molar-refractivity contribution in [3.05, 3.63) is 35.5 Å². The summed E-state index contributed by atoms with van der Waals surface area (Å²) >= 11 is 0. The number of fused-ring (bicyclic) bond motifs is 1. The van der Waals surface area contributed by atoms with Crippen LogP contribution < -0.4 is 4.74 Å². The van der Waals surface area contributed by atoms with Crippen LogP contribution in [0.5, 0.6) is 5.75 Å². The van der Waals surface area contributed by atoms with Crippen molar-refractivity contribution in [1.29, 1.82) is 5.26 Å². The topological polar surface area (TPSA) is 37.9 Å². The molecule has 0 atom stereocenters. The number of hydrogen-bond donors (Lipinski definition) is 0. The minimum absolute atomic E-state index is 0.842. The Kier molecular flexibility index (Phi) is 2.88. The summed E-state index contributed by atoms with van der Waals surface area (Å²) in [6.07, 6.45) is 3.36. The molecule has 0 aliphatic rings. The summed E-state index contributed by atoms with van der Waals surface area (Å²) < 4.78 is 7.33. The second-order valence-corrected chi connectivity index (χ2v) is 3.90. The number of nitrogens with zero attached hydrogens (tertiary/aromatic N) is 2. The Bertz CT molecular complexity index is 630. The lowest BCUT2D eigenvalue weighted by Crippen LogP contribution is -1.90. The number of aryl methyl sites for hydroxylation is 1. The van der Waals surface area contributed by atoms with E-state index in [1.807, 2.05) is 44.3 Å². The number of ether oxygens (including phenoxy) is 1. The molecular weight excluding hydrogens is 212 g/mol. The average molecular weight is 226 g/mol. The highest BCUT2D eigenvalue weighted by Gasteiger charge is 2.10. The Morgan fingerprint density at radius 1 is 1.41 bits per heavy atom. The fourth-order valence-electron chi connectivity index (χ4n) is 2.03. The van der Waals surface area contributed by atoms with Gasteiger partial charge in [0.05, 0.1) is 18.7 Å². The normalized spacial score (nSPS) is 10.9. The molecular formula is C14H14N2O. The minimum atomic E-state index is 0.842. The van der Waals surface area contributed by atoms with E-state index in [1.54, 1.807) is 7.11 Å². The zero-order valence-corrected chi connectivity index (χ0v) is 10.2. The standard InChI is InChI=1S/C14H14N2O/c1-10-12(5-4-8-15)13-7-6-11(17-3)9-14(13)16(10)2/h4-7,9H,1-3H3. The molecule has 3 nitrogen and oxygen atoms in total. The molecule has 0 aliphatic carbocycles. The molecule has 0 bridgehead atoms. The van der Waals surface area contributed by atoms with Crippen LogP contribution in [0.25, 0.3) is 17.0 Å². The molecule has 86 valence electrons. The molecule has 2 rings (SSSR count). The number of methoxy groups -OCH3 is 1. The number of allylic oxidation sites excluding steroid dienone is 1. The molecule has 17 heavy (non-hydrogen) atoms. The smallest absolute Gasteiger partial charge is 0.120 e. The third kappa shape index (κ3) is 1.78. The van der Waals surface area contributed by atoms with Gasteiger partial charge in [-0.05, 0) is 25.1 Å². The molecule has 3 heteroatoms. The molecule has 0 N–H and O–H groups in total. The van der Waals surface area contributed by atoms with Gasteiger partial charge in [-0.2, -0.15) is 5.26 Å². The van der Waals surface area contributed by atoms with Gasteiger partial charge in [0.1, 0.15) is 5.75 Å². The molecule has 0 unspecified atom stereocenters. The maximum Gasteiger partial charge on any atom is 0.120 e. The highest BCUT2D eigenvalue weighted by atomic mass is 16.5. The molecule has 1 aromatic carbocycles. The van der Waals surface area contributed by atoms with Crippen LogP contribution in [0, 0.1) is 18.3 Å². The average Bonchev–Trinajstić information content (AvgIpc) is 2.60. The van der Waals surface area contributed by atoms with E-state index in [9.17, 15) is 0 Å². The van der Waals surface area contributed by atoms with Gasteiger partial charge in [-0.15, -0.1) is 0 Å². The summed E-state index contributed by atoms with van der Waals surface area (Å²) in [6, 6.07) is 7.99. The number of nitriles is 1. The largest absolute Gasteiger partial charge is 0.497 e. The summed E-state index contributed by atoms with van der Waals surface area (Å²) in [6.45, 7) is 2.05. The first-order valence-electron chi connectivity index (χ1n) is 5.38. The van der Waals surface area contributed by atoms with Gasteiger partial charge in [0.15, 0.2) is 0 Å². The van der Waals surface area contributed by atoms with Crippen LogP contribution in [-0.2, 0) is 7.05 Å². The lowest BCUT2D eigenvalue weighted by atomic mass is 10.1. The Morgan fingerprint density at radius 3 is 2.82 bits per heavy atom. The van der Waals surface area contributed by atoms with Crippen molar-refractivity contribution in [3.63, 3.8) is 0 Å². The van der Waals surface area contributed by atoms with E-state index in [0.717, 1.165) is 27.9 Å². The van der Waals surface area contributed by atoms with Crippen molar-refractivity contribution in [3.8, 4) is 11.8 Å². The number of rotatable bonds is 2. The highest BCUT2D eigenvalue weighted by Crippen LogP contribution is 2.29. The predicted octanol–water partition coefficient (Wildman–Crippen LogP) is 3.03. The van der Waals surface area contributed by atoms with Crippen LogP contribution in [-0.4, -0.2) is 11.7 Å². The van der Waals surface area contributed by atoms with Gasteiger partial charge in [-0.1, -0.05) is 0 Å². The van der Waals surface area contributed by atoms with Gasteiger partial charge < -0.3 is 9.30 Å². The van der Waals surface area contributed by atoms with Crippen molar-refractivity contribution in [2.24, 2.45) is 7.05 Å². The van der Waals surface area contributed by atoms with Gasteiger partial charge in [-0.25, -0.2) is 0 Å². The van der Waals surface area contributed by atoms with Crippen molar-refractivity contribution in [1.82, 2.24) is 4.57 Å². The number of benzene rings is 1. The highest BCUT2D eigenvalue weighted by molar-refractivity contribution is 5.92. The van der Waals surface area contributed by atoms with Gasteiger partial charge in [0, 0.05) is 35.8 Å². The SMILES string of the molecule is COc1ccc2c(C=CC#N)c(C)n(C)c2c1. The zero-order chi connectivity index (χ0) is 12.4. The molecule has 1 heterocycles. The van der Waals surface area contributed by atoms with Gasteiger partial charge >= 0.3 is 0 Å². The third-order valence-electron chi connectivity index (χ3n) is 3.07. The van der Waals surface area contributed by atoms with E-state index in [0.29, 0.717) is 0 Å². The number of aromatic nitrogens is 1.